The van der Waals surface area contributed by atoms with E-state index in [0.717, 1.165) is 12.8 Å². The lowest BCUT2D eigenvalue weighted by Crippen LogP contribution is -2.27. The molecule has 0 radical (unpaired) electrons. The summed E-state index contributed by atoms with van der Waals surface area (Å²) in [6.07, 6.45) is 4.93. The highest BCUT2D eigenvalue weighted by Crippen LogP contribution is 2.40. The highest BCUT2D eigenvalue weighted by atomic mass is 35.5. The number of methoxy groups -OCH3 is 1. The second-order valence-electron chi connectivity index (χ2n) is 5.48. The summed E-state index contributed by atoms with van der Waals surface area (Å²) < 4.78 is 5.38. The van der Waals surface area contributed by atoms with Crippen molar-refractivity contribution in [2.45, 2.75) is 50.0 Å². The first-order chi connectivity index (χ1) is 8.70. The lowest BCUT2D eigenvalue weighted by atomic mass is 9.76. The fraction of sp³-hybridized carbons (Fsp3) is 0.625. The van der Waals surface area contributed by atoms with Crippen molar-refractivity contribution in [2.24, 2.45) is 5.92 Å². The van der Waals surface area contributed by atoms with Gasteiger partial charge in [0, 0.05) is 12.5 Å². The van der Waals surface area contributed by atoms with Crippen molar-refractivity contribution in [3.8, 4) is 0 Å². The first-order valence-electron chi connectivity index (χ1n) is 6.92. The maximum absolute atomic E-state index is 6.48. The van der Waals surface area contributed by atoms with Crippen molar-refractivity contribution in [3.05, 3.63) is 35.9 Å². The van der Waals surface area contributed by atoms with Crippen molar-refractivity contribution >= 4 is 11.6 Å². The lowest BCUT2D eigenvalue weighted by molar-refractivity contribution is 0.0868. The lowest BCUT2D eigenvalue weighted by Gasteiger charge is -2.34. The van der Waals surface area contributed by atoms with Crippen molar-refractivity contribution in [1.29, 1.82) is 0 Å². The quantitative estimate of drug-likeness (QED) is 0.724. The van der Waals surface area contributed by atoms with Crippen molar-refractivity contribution < 1.29 is 4.74 Å². The fourth-order valence-corrected chi connectivity index (χ4v) is 3.35. The zero-order valence-electron chi connectivity index (χ0n) is 11.3. The first kappa shape index (κ1) is 13.9. The van der Waals surface area contributed by atoms with Crippen LogP contribution in [0.3, 0.4) is 0 Å². The Morgan fingerprint density at radius 1 is 1.28 bits per heavy atom. The smallest absolute Gasteiger partial charge is 0.0546 e. The van der Waals surface area contributed by atoms with Gasteiger partial charge in [0.1, 0.15) is 0 Å². The van der Waals surface area contributed by atoms with E-state index in [9.17, 15) is 0 Å². The maximum atomic E-state index is 6.48. The average molecular weight is 267 g/mol. The molecule has 0 amide bonds. The summed E-state index contributed by atoms with van der Waals surface area (Å²) >= 11 is 6.48. The zero-order valence-corrected chi connectivity index (χ0v) is 12.1. The van der Waals surface area contributed by atoms with Gasteiger partial charge < -0.3 is 4.74 Å². The molecule has 1 aliphatic rings. The average Bonchev–Trinajstić information content (AvgIpc) is 2.42. The van der Waals surface area contributed by atoms with E-state index in [1.807, 2.05) is 0 Å². The number of hydrogen-bond donors (Lipinski definition) is 0. The summed E-state index contributed by atoms with van der Waals surface area (Å²) in [4.78, 5) is 0. The van der Waals surface area contributed by atoms with Crippen LogP contribution in [-0.2, 0) is 4.74 Å². The Kier molecular flexibility index (Phi) is 5.08. The number of halogens is 1. The zero-order chi connectivity index (χ0) is 13.0. The SMILES string of the molecule is COC(C)CC1CC(c2ccccc2)CCC1Cl. The summed E-state index contributed by atoms with van der Waals surface area (Å²) in [6.45, 7) is 2.13. The molecular formula is C16H23ClO. The number of alkyl halides is 1. The first-order valence-corrected chi connectivity index (χ1v) is 7.36. The molecule has 1 saturated carbocycles. The second-order valence-corrected chi connectivity index (χ2v) is 6.04. The molecule has 0 aliphatic heterocycles. The number of rotatable bonds is 4. The molecule has 100 valence electrons. The van der Waals surface area contributed by atoms with Crippen LogP contribution in [0.5, 0.6) is 0 Å². The van der Waals surface area contributed by atoms with E-state index in [1.165, 1.54) is 18.4 Å². The van der Waals surface area contributed by atoms with Gasteiger partial charge in [-0.15, -0.1) is 11.6 Å². The molecule has 0 N–H and O–H groups in total. The highest BCUT2D eigenvalue weighted by molar-refractivity contribution is 6.20. The fourth-order valence-electron chi connectivity index (χ4n) is 3.02. The van der Waals surface area contributed by atoms with Crippen LogP contribution in [0.15, 0.2) is 30.3 Å². The monoisotopic (exact) mass is 266 g/mol. The molecule has 0 spiro atoms. The van der Waals surface area contributed by atoms with Crippen LogP contribution < -0.4 is 0 Å². The largest absolute Gasteiger partial charge is 0.382 e. The van der Waals surface area contributed by atoms with Crippen molar-refractivity contribution in [1.82, 2.24) is 0 Å². The molecule has 0 bridgehead atoms. The Morgan fingerprint density at radius 3 is 2.67 bits per heavy atom. The van der Waals surface area contributed by atoms with E-state index in [2.05, 4.69) is 37.3 Å². The predicted octanol–water partition coefficient (Wildman–Crippen LogP) is 4.60. The molecule has 1 fully saturated rings. The third kappa shape index (κ3) is 3.49. The number of hydrogen-bond acceptors (Lipinski definition) is 1. The standard InChI is InChI=1S/C16H23ClO/c1-12(18-2)10-15-11-14(8-9-16(15)17)13-6-4-3-5-7-13/h3-7,12,14-16H,8-11H2,1-2H3. The third-order valence-electron chi connectivity index (χ3n) is 4.20. The Labute approximate surface area is 115 Å². The summed E-state index contributed by atoms with van der Waals surface area (Å²) in [7, 11) is 1.78. The minimum atomic E-state index is 0.311. The predicted molar refractivity (Wildman–Crippen MR) is 77.3 cm³/mol. The third-order valence-corrected chi connectivity index (χ3v) is 4.77. The molecule has 2 rings (SSSR count). The van der Waals surface area contributed by atoms with Crippen molar-refractivity contribution in [3.63, 3.8) is 0 Å². The molecule has 0 heterocycles. The van der Waals surface area contributed by atoms with E-state index < -0.39 is 0 Å². The number of ether oxygens (including phenoxy) is 1. The van der Waals surface area contributed by atoms with Crippen LogP contribution in [0.2, 0.25) is 0 Å². The minimum absolute atomic E-state index is 0.311. The second kappa shape index (κ2) is 6.58. The molecule has 1 aliphatic carbocycles. The summed E-state index contributed by atoms with van der Waals surface area (Å²) in [6, 6.07) is 10.8. The highest BCUT2D eigenvalue weighted by Gasteiger charge is 2.30. The number of benzene rings is 1. The molecular weight excluding hydrogens is 244 g/mol. The van der Waals surface area contributed by atoms with E-state index in [4.69, 9.17) is 16.3 Å². The van der Waals surface area contributed by atoms with Gasteiger partial charge in [0.25, 0.3) is 0 Å². The van der Waals surface area contributed by atoms with Gasteiger partial charge in [0.2, 0.25) is 0 Å². The Hall–Kier alpha value is -0.530. The van der Waals surface area contributed by atoms with Gasteiger partial charge in [-0.3, -0.25) is 0 Å². The van der Waals surface area contributed by atoms with Crippen LogP contribution in [-0.4, -0.2) is 18.6 Å². The molecule has 0 saturated heterocycles. The molecule has 4 unspecified atom stereocenters. The maximum Gasteiger partial charge on any atom is 0.0546 e. The molecule has 1 aromatic rings. The van der Waals surface area contributed by atoms with Crippen LogP contribution in [0.4, 0.5) is 0 Å². The van der Waals surface area contributed by atoms with E-state index in [0.29, 0.717) is 23.3 Å². The van der Waals surface area contributed by atoms with Gasteiger partial charge in [-0.1, -0.05) is 30.3 Å². The molecule has 4 atom stereocenters. The van der Waals surface area contributed by atoms with Gasteiger partial charge in [-0.25, -0.2) is 0 Å². The van der Waals surface area contributed by atoms with Gasteiger partial charge in [0.05, 0.1) is 6.10 Å². The minimum Gasteiger partial charge on any atom is -0.382 e. The Morgan fingerprint density at radius 2 is 2.00 bits per heavy atom. The van der Waals surface area contributed by atoms with Crippen LogP contribution in [0.25, 0.3) is 0 Å². The summed E-state index contributed by atoms with van der Waals surface area (Å²) in [5, 5.41) is 0.322. The van der Waals surface area contributed by atoms with Gasteiger partial charge in [-0.2, -0.15) is 0 Å². The molecule has 1 aromatic carbocycles. The Bertz CT molecular complexity index is 351. The molecule has 0 aromatic heterocycles. The van der Waals surface area contributed by atoms with Crippen LogP contribution in [0.1, 0.15) is 44.1 Å². The van der Waals surface area contributed by atoms with E-state index in [-0.39, 0.29) is 0 Å². The van der Waals surface area contributed by atoms with Gasteiger partial charge in [-0.05, 0) is 50.0 Å². The Balaban J connectivity index is 2.00. The van der Waals surface area contributed by atoms with Crippen molar-refractivity contribution in [2.75, 3.05) is 7.11 Å². The van der Waals surface area contributed by atoms with Crippen LogP contribution in [0, 0.1) is 5.92 Å². The van der Waals surface area contributed by atoms with Gasteiger partial charge in [0.15, 0.2) is 0 Å². The van der Waals surface area contributed by atoms with Crippen LogP contribution >= 0.6 is 11.6 Å². The molecule has 2 heteroatoms. The topological polar surface area (TPSA) is 9.23 Å². The summed E-state index contributed by atoms with van der Waals surface area (Å²) in [5.41, 5.74) is 1.47. The van der Waals surface area contributed by atoms with E-state index in [1.54, 1.807) is 7.11 Å². The van der Waals surface area contributed by atoms with Gasteiger partial charge >= 0.3 is 0 Å². The van der Waals surface area contributed by atoms with E-state index >= 15 is 0 Å². The molecule has 1 nitrogen and oxygen atoms in total. The molecule has 18 heavy (non-hydrogen) atoms. The summed E-state index contributed by atoms with van der Waals surface area (Å²) in [5.74, 6) is 1.26. The normalized spacial score (nSPS) is 30.1.